The number of fused-ring (bicyclic) bond motifs is 1. The number of hydrogen-bond donors (Lipinski definition) is 1. The van der Waals surface area contributed by atoms with Gasteiger partial charge in [-0.1, -0.05) is 6.07 Å². The predicted molar refractivity (Wildman–Crippen MR) is 79.3 cm³/mol. The van der Waals surface area contributed by atoms with Crippen LogP contribution in [-0.2, 0) is 11.2 Å². The first-order valence-electron chi connectivity index (χ1n) is 6.64. The number of anilines is 3. The van der Waals surface area contributed by atoms with Gasteiger partial charge < -0.3 is 15.4 Å². The van der Waals surface area contributed by atoms with Gasteiger partial charge in [-0.3, -0.25) is 0 Å². The Bertz CT molecular complexity index is 715. The third kappa shape index (κ3) is 2.31. The second kappa shape index (κ2) is 5.09. The maximum atomic E-state index is 13.5. The molecule has 0 atom stereocenters. The Morgan fingerprint density at radius 3 is 2.81 bits per heavy atom. The first-order chi connectivity index (χ1) is 10.1. The lowest BCUT2D eigenvalue weighted by atomic mass is 10.1. The molecule has 0 aliphatic carbocycles. The Hall–Kier alpha value is -2.56. The molecule has 0 saturated heterocycles. The van der Waals surface area contributed by atoms with E-state index >= 15 is 0 Å². The number of nitrogens with two attached hydrogens (primary N) is 1. The highest BCUT2D eigenvalue weighted by molar-refractivity contribution is 5.93. The van der Waals surface area contributed by atoms with Gasteiger partial charge in [-0.05, 0) is 42.3 Å². The molecule has 2 aromatic carbocycles. The summed E-state index contributed by atoms with van der Waals surface area (Å²) in [5, 5.41) is 0. The van der Waals surface area contributed by atoms with Crippen LogP contribution in [0.3, 0.4) is 0 Å². The van der Waals surface area contributed by atoms with E-state index < -0.39 is 5.97 Å². The lowest BCUT2D eigenvalue weighted by Gasteiger charge is -2.22. The molecule has 3 rings (SSSR count). The number of hydrogen-bond acceptors (Lipinski definition) is 4. The summed E-state index contributed by atoms with van der Waals surface area (Å²) < 4.78 is 18.2. The zero-order valence-electron chi connectivity index (χ0n) is 11.6. The number of benzene rings is 2. The van der Waals surface area contributed by atoms with Crippen LogP contribution in [0.5, 0.6) is 0 Å². The van der Waals surface area contributed by atoms with Crippen LogP contribution >= 0.6 is 0 Å². The Labute approximate surface area is 121 Å². The number of halogens is 1. The van der Waals surface area contributed by atoms with E-state index in [9.17, 15) is 9.18 Å². The quantitative estimate of drug-likeness (QED) is 0.681. The maximum absolute atomic E-state index is 13.5. The number of esters is 1. The van der Waals surface area contributed by atoms with E-state index in [4.69, 9.17) is 10.5 Å². The molecule has 1 heterocycles. The van der Waals surface area contributed by atoms with Crippen LogP contribution in [0.2, 0.25) is 0 Å². The number of carbonyl (C=O) groups is 1. The van der Waals surface area contributed by atoms with Crippen molar-refractivity contribution in [3.05, 3.63) is 53.3 Å². The standard InChI is InChI=1S/C16H15FN2O2/c1-21-16(20)11-3-5-13(18)15(8-11)19-7-6-10-2-4-12(17)9-14(10)19/h2-5,8-9H,6-7,18H2,1H3. The first kappa shape index (κ1) is 13.4. The number of ether oxygens (including phenoxy) is 1. The molecule has 5 heteroatoms. The Balaban J connectivity index is 2.06. The zero-order valence-corrected chi connectivity index (χ0v) is 11.6. The zero-order chi connectivity index (χ0) is 15.0. The largest absolute Gasteiger partial charge is 0.465 e. The number of nitrogens with zero attached hydrogens (tertiary/aromatic N) is 1. The number of methoxy groups -OCH3 is 1. The number of carbonyl (C=O) groups excluding carboxylic acids is 1. The van der Waals surface area contributed by atoms with Crippen LogP contribution in [0.25, 0.3) is 0 Å². The molecule has 0 bridgehead atoms. The van der Waals surface area contributed by atoms with Gasteiger partial charge >= 0.3 is 5.97 Å². The molecule has 0 aromatic heterocycles. The molecule has 21 heavy (non-hydrogen) atoms. The van der Waals surface area contributed by atoms with E-state index in [2.05, 4.69) is 0 Å². The van der Waals surface area contributed by atoms with E-state index in [0.29, 0.717) is 23.5 Å². The molecule has 2 N–H and O–H groups in total. The molecule has 0 amide bonds. The van der Waals surface area contributed by atoms with Crippen LogP contribution in [0.4, 0.5) is 21.5 Å². The molecule has 0 saturated carbocycles. The summed E-state index contributed by atoms with van der Waals surface area (Å²) in [6.45, 7) is 0.702. The molecule has 0 spiro atoms. The van der Waals surface area contributed by atoms with Crippen LogP contribution in [0.1, 0.15) is 15.9 Å². The van der Waals surface area contributed by atoms with E-state index in [1.165, 1.54) is 19.2 Å². The summed E-state index contributed by atoms with van der Waals surface area (Å²) in [5.41, 5.74) is 9.54. The van der Waals surface area contributed by atoms with E-state index in [1.54, 1.807) is 24.3 Å². The summed E-state index contributed by atoms with van der Waals surface area (Å²) in [6, 6.07) is 9.70. The topological polar surface area (TPSA) is 55.6 Å². The molecule has 108 valence electrons. The molecular weight excluding hydrogens is 271 g/mol. The second-order valence-corrected chi connectivity index (χ2v) is 4.94. The van der Waals surface area contributed by atoms with Crippen molar-refractivity contribution in [1.29, 1.82) is 0 Å². The van der Waals surface area contributed by atoms with Crippen LogP contribution in [-0.4, -0.2) is 19.6 Å². The Kier molecular flexibility index (Phi) is 3.25. The fourth-order valence-electron chi connectivity index (χ4n) is 2.62. The second-order valence-electron chi connectivity index (χ2n) is 4.94. The molecule has 1 aliphatic rings. The molecule has 4 nitrogen and oxygen atoms in total. The molecule has 1 aliphatic heterocycles. The van der Waals surface area contributed by atoms with E-state index in [-0.39, 0.29) is 5.82 Å². The molecule has 0 unspecified atom stereocenters. The predicted octanol–water partition coefficient (Wildman–Crippen LogP) is 2.89. The van der Waals surface area contributed by atoms with Gasteiger partial charge in [-0.15, -0.1) is 0 Å². The van der Waals surface area contributed by atoms with Crippen molar-refractivity contribution in [2.24, 2.45) is 0 Å². The highest BCUT2D eigenvalue weighted by Gasteiger charge is 2.23. The highest BCUT2D eigenvalue weighted by atomic mass is 19.1. The fraction of sp³-hybridized carbons (Fsp3) is 0.188. The minimum Gasteiger partial charge on any atom is -0.465 e. The summed E-state index contributed by atoms with van der Waals surface area (Å²) in [6.07, 6.45) is 0.817. The number of nitrogen functional groups attached to an aromatic ring is 1. The lowest BCUT2D eigenvalue weighted by molar-refractivity contribution is 0.0601. The third-order valence-corrected chi connectivity index (χ3v) is 3.69. The lowest BCUT2D eigenvalue weighted by Crippen LogP contribution is -2.16. The van der Waals surface area contributed by atoms with Gasteiger partial charge in [0.25, 0.3) is 0 Å². The molecule has 2 aromatic rings. The van der Waals surface area contributed by atoms with Crippen molar-refractivity contribution < 1.29 is 13.9 Å². The third-order valence-electron chi connectivity index (χ3n) is 3.69. The SMILES string of the molecule is COC(=O)c1ccc(N)c(N2CCc3ccc(F)cc32)c1. The molecular formula is C16H15FN2O2. The summed E-state index contributed by atoms with van der Waals surface area (Å²) in [7, 11) is 1.33. The highest BCUT2D eigenvalue weighted by Crippen LogP contribution is 2.38. The summed E-state index contributed by atoms with van der Waals surface area (Å²) in [5.74, 6) is -0.710. The van der Waals surface area contributed by atoms with Crippen molar-refractivity contribution in [2.45, 2.75) is 6.42 Å². The van der Waals surface area contributed by atoms with Crippen molar-refractivity contribution >= 4 is 23.0 Å². The van der Waals surface area contributed by atoms with Gasteiger partial charge in [-0.25, -0.2) is 9.18 Å². The van der Waals surface area contributed by atoms with Gasteiger partial charge in [0.05, 0.1) is 24.0 Å². The number of rotatable bonds is 2. The van der Waals surface area contributed by atoms with Gasteiger partial charge in [0.2, 0.25) is 0 Å². The van der Waals surface area contributed by atoms with Gasteiger partial charge in [-0.2, -0.15) is 0 Å². The normalized spacial score (nSPS) is 13.1. The van der Waals surface area contributed by atoms with E-state index in [1.807, 2.05) is 4.90 Å². The van der Waals surface area contributed by atoms with Crippen LogP contribution in [0, 0.1) is 5.82 Å². The monoisotopic (exact) mass is 286 g/mol. The summed E-state index contributed by atoms with van der Waals surface area (Å²) >= 11 is 0. The Morgan fingerprint density at radius 2 is 2.05 bits per heavy atom. The minimum atomic E-state index is -0.421. The smallest absolute Gasteiger partial charge is 0.337 e. The van der Waals surface area contributed by atoms with Gasteiger partial charge in [0, 0.05) is 12.2 Å². The van der Waals surface area contributed by atoms with Crippen molar-refractivity contribution in [2.75, 3.05) is 24.3 Å². The van der Waals surface area contributed by atoms with Crippen molar-refractivity contribution in [1.82, 2.24) is 0 Å². The van der Waals surface area contributed by atoms with Crippen molar-refractivity contribution in [3.8, 4) is 0 Å². The van der Waals surface area contributed by atoms with Gasteiger partial charge in [0.15, 0.2) is 0 Å². The minimum absolute atomic E-state index is 0.289. The molecule has 0 radical (unpaired) electrons. The average molecular weight is 286 g/mol. The average Bonchev–Trinajstić information content (AvgIpc) is 2.90. The fourth-order valence-corrected chi connectivity index (χ4v) is 2.62. The van der Waals surface area contributed by atoms with Gasteiger partial charge in [0.1, 0.15) is 5.82 Å². The Morgan fingerprint density at radius 1 is 1.24 bits per heavy atom. The first-order valence-corrected chi connectivity index (χ1v) is 6.64. The van der Waals surface area contributed by atoms with Crippen molar-refractivity contribution in [3.63, 3.8) is 0 Å². The molecule has 0 fully saturated rings. The summed E-state index contributed by atoms with van der Waals surface area (Å²) in [4.78, 5) is 13.6. The van der Waals surface area contributed by atoms with Crippen LogP contribution < -0.4 is 10.6 Å². The van der Waals surface area contributed by atoms with E-state index in [0.717, 1.165) is 17.7 Å². The van der Waals surface area contributed by atoms with Crippen LogP contribution in [0.15, 0.2) is 36.4 Å². The maximum Gasteiger partial charge on any atom is 0.337 e.